The first-order chi connectivity index (χ1) is 8.71. The number of carboxylic acid groups (broad SMARTS) is 1. The average Bonchev–Trinajstić information content (AvgIpc) is 2.24. The summed E-state index contributed by atoms with van der Waals surface area (Å²) < 4.78 is 0.866. The molecule has 2 N–H and O–H groups in total. The van der Waals surface area contributed by atoms with Crippen molar-refractivity contribution in [1.29, 1.82) is 0 Å². The number of halogens is 1. The molecule has 0 fully saturated rings. The van der Waals surface area contributed by atoms with Gasteiger partial charge in [-0.25, -0.2) is 4.79 Å². The van der Waals surface area contributed by atoms with Crippen LogP contribution in [0.3, 0.4) is 0 Å². The molecule has 0 unspecified atom stereocenters. The topological polar surface area (TPSA) is 52.6 Å². The predicted molar refractivity (Wildman–Crippen MR) is 81.9 cm³/mol. The molecule has 0 amide bonds. The van der Waals surface area contributed by atoms with Gasteiger partial charge in [-0.15, -0.1) is 0 Å². The Bertz CT molecular complexity index is 459. The van der Waals surface area contributed by atoms with Gasteiger partial charge >= 0.3 is 5.97 Å². The number of hydrogen-bond donors (Lipinski definition) is 2. The standard InChI is InChI=1S/C14H21BrN2O2/c1-14(2,9-17(3)4)8-16-12-7-10(15)5-6-11(12)13(18)19/h5-7,16H,8-9H2,1-4H3,(H,18,19). The number of hydrogen-bond acceptors (Lipinski definition) is 3. The summed E-state index contributed by atoms with van der Waals surface area (Å²) in [4.78, 5) is 13.3. The Kier molecular flexibility index (Phi) is 5.38. The van der Waals surface area contributed by atoms with Gasteiger partial charge in [0.25, 0.3) is 0 Å². The molecule has 0 spiro atoms. The van der Waals surface area contributed by atoms with Gasteiger partial charge in [0.2, 0.25) is 0 Å². The Morgan fingerprint density at radius 1 is 1.42 bits per heavy atom. The molecule has 0 aromatic heterocycles. The smallest absolute Gasteiger partial charge is 0.337 e. The van der Waals surface area contributed by atoms with Crippen LogP contribution in [0.25, 0.3) is 0 Å². The largest absolute Gasteiger partial charge is 0.478 e. The molecule has 0 radical (unpaired) electrons. The monoisotopic (exact) mass is 328 g/mol. The number of nitrogens with zero attached hydrogens (tertiary/aromatic N) is 1. The highest BCUT2D eigenvalue weighted by molar-refractivity contribution is 9.10. The molecular weight excluding hydrogens is 308 g/mol. The van der Waals surface area contributed by atoms with Crippen LogP contribution in [-0.2, 0) is 0 Å². The Morgan fingerprint density at radius 3 is 2.58 bits per heavy atom. The lowest BCUT2D eigenvalue weighted by Gasteiger charge is -2.29. The van der Waals surface area contributed by atoms with Crippen LogP contribution in [0.5, 0.6) is 0 Å². The van der Waals surface area contributed by atoms with E-state index in [0.717, 1.165) is 11.0 Å². The Labute approximate surface area is 122 Å². The number of benzene rings is 1. The number of rotatable bonds is 6. The Hall–Kier alpha value is -1.07. The van der Waals surface area contributed by atoms with E-state index >= 15 is 0 Å². The second kappa shape index (κ2) is 6.39. The molecule has 0 aliphatic rings. The second-order valence-corrected chi connectivity index (χ2v) is 6.67. The SMILES string of the molecule is CN(C)CC(C)(C)CNc1cc(Br)ccc1C(=O)O. The molecule has 106 valence electrons. The van der Waals surface area contributed by atoms with Gasteiger partial charge in [0.05, 0.1) is 5.56 Å². The van der Waals surface area contributed by atoms with Crippen LogP contribution in [0, 0.1) is 5.41 Å². The van der Waals surface area contributed by atoms with E-state index in [0.29, 0.717) is 17.8 Å². The fourth-order valence-corrected chi connectivity index (χ4v) is 2.46. The normalized spacial score (nSPS) is 11.7. The summed E-state index contributed by atoms with van der Waals surface area (Å²) >= 11 is 3.37. The molecule has 0 bridgehead atoms. The van der Waals surface area contributed by atoms with Crippen molar-refractivity contribution in [3.63, 3.8) is 0 Å². The van der Waals surface area contributed by atoms with E-state index < -0.39 is 5.97 Å². The van der Waals surface area contributed by atoms with E-state index in [9.17, 15) is 4.79 Å². The molecule has 1 aromatic carbocycles. The zero-order valence-corrected chi connectivity index (χ0v) is 13.4. The maximum Gasteiger partial charge on any atom is 0.337 e. The molecule has 4 nitrogen and oxygen atoms in total. The molecule has 1 rings (SSSR count). The van der Waals surface area contributed by atoms with Crippen molar-refractivity contribution in [2.24, 2.45) is 5.41 Å². The second-order valence-electron chi connectivity index (χ2n) is 5.75. The molecule has 0 aliphatic carbocycles. The fraction of sp³-hybridized carbons (Fsp3) is 0.500. The lowest BCUT2D eigenvalue weighted by atomic mass is 9.92. The first-order valence-corrected chi connectivity index (χ1v) is 6.92. The summed E-state index contributed by atoms with van der Waals surface area (Å²) in [7, 11) is 4.06. The van der Waals surface area contributed by atoms with E-state index in [2.05, 4.69) is 40.0 Å². The highest BCUT2D eigenvalue weighted by Gasteiger charge is 2.20. The Balaban J connectivity index is 2.82. The van der Waals surface area contributed by atoms with Crippen LogP contribution < -0.4 is 5.32 Å². The van der Waals surface area contributed by atoms with Gasteiger partial charge in [0.15, 0.2) is 0 Å². The molecule has 19 heavy (non-hydrogen) atoms. The summed E-state index contributed by atoms with van der Waals surface area (Å²) in [5, 5.41) is 12.4. The van der Waals surface area contributed by atoms with E-state index in [1.807, 2.05) is 14.1 Å². The number of anilines is 1. The van der Waals surface area contributed by atoms with Gasteiger partial charge < -0.3 is 15.3 Å². The highest BCUT2D eigenvalue weighted by Crippen LogP contribution is 2.24. The molecular formula is C14H21BrN2O2. The summed E-state index contributed by atoms with van der Waals surface area (Å²) in [6.45, 7) is 5.94. The van der Waals surface area contributed by atoms with Crippen molar-refractivity contribution < 1.29 is 9.90 Å². The highest BCUT2D eigenvalue weighted by atomic mass is 79.9. The zero-order chi connectivity index (χ0) is 14.6. The van der Waals surface area contributed by atoms with Crippen LogP contribution in [0.2, 0.25) is 0 Å². The van der Waals surface area contributed by atoms with E-state index in [1.54, 1.807) is 18.2 Å². The molecule has 1 aromatic rings. The van der Waals surface area contributed by atoms with Crippen LogP contribution in [0.4, 0.5) is 5.69 Å². The Morgan fingerprint density at radius 2 is 2.05 bits per heavy atom. The van der Waals surface area contributed by atoms with Crippen molar-refractivity contribution >= 4 is 27.6 Å². The van der Waals surface area contributed by atoms with Crippen molar-refractivity contribution in [2.75, 3.05) is 32.5 Å². The van der Waals surface area contributed by atoms with Crippen LogP contribution >= 0.6 is 15.9 Å². The van der Waals surface area contributed by atoms with E-state index in [-0.39, 0.29) is 5.41 Å². The molecule has 0 saturated heterocycles. The van der Waals surface area contributed by atoms with Crippen LogP contribution in [0.15, 0.2) is 22.7 Å². The van der Waals surface area contributed by atoms with Crippen molar-refractivity contribution in [2.45, 2.75) is 13.8 Å². The molecule has 0 heterocycles. The number of nitrogens with one attached hydrogen (secondary N) is 1. The van der Waals surface area contributed by atoms with Crippen LogP contribution in [0.1, 0.15) is 24.2 Å². The van der Waals surface area contributed by atoms with Gasteiger partial charge in [-0.1, -0.05) is 29.8 Å². The molecule has 0 saturated carbocycles. The summed E-state index contributed by atoms with van der Waals surface area (Å²) in [5.41, 5.74) is 0.999. The van der Waals surface area contributed by atoms with Gasteiger partial charge in [-0.2, -0.15) is 0 Å². The van der Waals surface area contributed by atoms with Crippen molar-refractivity contribution in [3.05, 3.63) is 28.2 Å². The van der Waals surface area contributed by atoms with Crippen LogP contribution in [-0.4, -0.2) is 43.2 Å². The molecule has 5 heteroatoms. The summed E-state index contributed by atoms with van der Waals surface area (Å²) in [6, 6.07) is 5.14. The lowest BCUT2D eigenvalue weighted by Crippen LogP contribution is -2.34. The minimum Gasteiger partial charge on any atom is -0.478 e. The number of aromatic carboxylic acids is 1. The van der Waals surface area contributed by atoms with E-state index in [4.69, 9.17) is 5.11 Å². The van der Waals surface area contributed by atoms with Gasteiger partial charge in [0, 0.05) is 23.2 Å². The maximum atomic E-state index is 11.2. The minimum absolute atomic E-state index is 0.0571. The fourth-order valence-electron chi connectivity index (χ4n) is 2.10. The average molecular weight is 329 g/mol. The first-order valence-electron chi connectivity index (χ1n) is 6.13. The number of carbonyl (C=O) groups is 1. The van der Waals surface area contributed by atoms with Gasteiger partial charge in [-0.05, 0) is 37.7 Å². The predicted octanol–water partition coefficient (Wildman–Crippen LogP) is 3.15. The maximum absolute atomic E-state index is 11.2. The van der Waals surface area contributed by atoms with Gasteiger partial charge in [-0.3, -0.25) is 0 Å². The quantitative estimate of drug-likeness (QED) is 0.842. The number of carboxylic acids is 1. The third-order valence-electron chi connectivity index (χ3n) is 2.71. The molecule has 0 atom stereocenters. The zero-order valence-electron chi connectivity index (χ0n) is 11.8. The summed E-state index contributed by atoms with van der Waals surface area (Å²) in [6.07, 6.45) is 0. The minimum atomic E-state index is -0.916. The van der Waals surface area contributed by atoms with Crippen molar-refractivity contribution in [1.82, 2.24) is 4.90 Å². The lowest BCUT2D eigenvalue weighted by molar-refractivity contribution is 0.0698. The molecule has 0 aliphatic heterocycles. The van der Waals surface area contributed by atoms with E-state index in [1.165, 1.54) is 0 Å². The van der Waals surface area contributed by atoms with Gasteiger partial charge in [0.1, 0.15) is 0 Å². The van der Waals surface area contributed by atoms with Crippen molar-refractivity contribution in [3.8, 4) is 0 Å². The first kappa shape index (κ1) is 16.0. The third-order valence-corrected chi connectivity index (χ3v) is 3.21. The third kappa shape index (κ3) is 5.20. The summed E-state index contributed by atoms with van der Waals surface area (Å²) in [5.74, 6) is -0.916.